The Bertz CT molecular complexity index is 405. The molecule has 2 heteroatoms. The summed E-state index contributed by atoms with van der Waals surface area (Å²) < 4.78 is 5.52. The highest BCUT2D eigenvalue weighted by molar-refractivity contribution is 5.72. The van der Waals surface area contributed by atoms with Crippen molar-refractivity contribution < 1.29 is 9.53 Å². The van der Waals surface area contributed by atoms with Gasteiger partial charge in [0.2, 0.25) is 0 Å². The normalized spacial score (nSPS) is 15.6. The number of rotatable bonds is 6. The second kappa shape index (κ2) is 7.32. The molecule has 1 fully saturated rings. The van der Waals surface area contributed by atoms with E-state index >= 15 is 0 Å². The Morgan fingerprint density at radius 1 is 1.26 bits per heavy atom. The predicted molar refractivity (Wildman–Crippen MR) is 77.3 cm³/mol. The topological polar surface area (TPSA) is 26.3 Å². The van der Waals surface area contributed by atoms with Crippen molar-refractivity contribution in [2.75, 3.05) is 0 Å². The predicted octanol–water partition coefficient (Wildman–Crippen LogP) is 4.51. The number of benzene rings is 1. The minimum atomic E-state index is -0.0737. The van der Waals surface area contributed by atoms with Gasteiger partial charge in [-0.25, -0.2) is 0 Å². The Morgan fingerprint density at radius 2 is 2.00 bits per heavy atom. The van der Waals surface area contributed by atoms with Crippen LogP contribution in [0.5, 0.6) is 5.75 Å². The molecular weight excluding hydrogens is 236 g/mol. The molecule has 0 radical (unpaired) electrons. The molecule has 104 valence electrons. The molecule has 19 heavy (non-hydrogen) atoms. The fourth-order valence-electron chi connectivity index (χ4n) is 2.87. The highest BCUT2D eigenvalue weighted by Gasteiger charge is 2.17. The highest BCUT2D eigenvalue weighted by atomic mass is 16.5. The van der Waals surface area contributed by atoms with Gasteiger partial charge in [0, 0.05) is 6.42 Å². The molecule has 0 N–H and O–H groups in total. The summed E-state index contributed by atoms with van der Waals surface area (Å²) in [5.41, 5.74) is 1.14. The smallest absolute Gasteiger partial charge is 0.311 e. The first-order valence-corrected chi connectivity index (χ1v) is 7.58. The van der Waals surface area contributed by atoms with Gasteiger partial charge < -0.3 is 4.74 Å². The molecule has 0 unspecified atom stereocenters. The van der Waals surface area contributed by atoms with Crippen molar-refractivity contribution in [3.8, 4) is 5.75 Å². The number of carbonyl (C=O) groups is 1. The molecule has 1 aliphatic carbocycles. The van der Waals surface area contributed by atoms with Crippen LogP contribution in [0.3, 0.4) is 0 Å². The van der Waals surface area contributed by atoms with Crippen molar-refractivity contribution in [2.45, 2.75) is 58.3 Å². The molecule has 1 aliphatic rings. The zero-order valence-electron chi connectivity index (χ0n) is 11.9. The molecule has 0 aromatic heterocycles. The zero-order valence-corrected chi connectivity index (χ0v) is 11.9. The van der Waals surface area contributed by atoms with E-state index in [9.17, 15) is 4.79 Å². The van der Waals surface area contributed by atoms with E-state index in [4.69, 9.17) is 4.74 Å². The summed E-state index contributed by atoms with van der Waals surface area (Å²) in [5.74, 6) is 1.43. The monoisotopic (exact) mass is 260 g/mol. The lowest BCUT2D eigenvalue weighted by molar-refractivity contribution is -0.134. The summed E-state index contributed by atoms with van der Waals surface area (Å²) in [4.78, 5) is 11.9. The number of carbonyl (C=O) groups excluding carboxylic acids is 1. The Balaban J connectivity index is 1.83. The first kappa shape index (κ1) is 14.1. The minimum Gasteiger partial charge on any atom is -0.426 e. The van der Waals surface area contributed by atoms with Gasteiger partial charge in [0.1, 0.15) is 5.75 Å². The van der Waals surface area contributed by atoms with Gasteiger partial charge in [-0.3, -0.25) is 4.79 Å². The first-order valence-electron chi connectivity index (χ1n) is 7.58. The summed E-state index contributed by atoms with van der Waals surface area (Å²) in [6.45, 7) is 2.14. The van der Waals surface area contributed by atoms with Crippen LogP contribution in [-0.2, 0) is 11.2 Å². The fourth-order valence-corrected chi connectivity index (χ4v) is 2.87. The number of aryl methyl sites for hydroxylation is 1. The molecule has 0 bridgehead atoms. The third-order valence-electron chi connectivity index (χ3n) is 3.95. The lowest BCUT2D eigenvalue weighted by Crippen LogP contribution is -2.10. The van der Waals surface area contributed by atoms with Crippen molar-refractivity contribution >= 4 is 5.97 Å². The molecule has 0 saturated heterocycles. The summed E-state index contributed by atoms with van der Waals surface area (Å²) >= 11 is 0. The number of hydrogen-bond donors (Lipinski definition) is 0. The zero-order chi connectivity index (χ0) is 13.5. The van der Waals surface area contributed by atoms with Gasteiger partial charge >= 0.3 is 5.97 Å². The van der Waals surface area contributed by atoms with Crippen molar-refractivity contribution in [2.24, 2.45) is 5.92 Å². The van der Waals surface area contributed by atoms with Gasteiger partial charge in [-0.2, -0.15) is 0 Å². The van der Waals surface area contributed by atoms with Gasteiger partial charge in [-0.05, 0) is 30.4 Å². The SMILES string of the molecule is CCCc1ccccc1OC(=O)CCC1CCCC1. The standard InChI is InChI=1S/C17H24O2/c1-2-7-15-10-5-6-11-16(15)19-17(18)13-12-14-8-3-4-9-14/h5-6,10-11,14H,2-4,7-9,12-13H2,1H3. The van der Waals surface area contributed by atoms with Crippen LogP contribution in [0.2, 0.25) is 0 Å². The van der Waals surface area contributed by atoms with Crippen molar-refractivity contribution in [3.63, 3.8) is 0 Å². The van der Waals surface area contributed by atoms with Crippen LogP contribution in [0.25, 0.3) is 0 Å². The maximum absolute atomic E-state index is 11.9. The van der Waals surface area contributed by atoms with E-state index in [2.05, 4.69) is 6.92 Å². The average Bonchev–Trinajstić information content (AvgIpc) is 2.92. The molecule has 0 amide bonds. The van der Waals surface area contributed by atoms with Crippen molar-refractivity contribution in [3.05, 3.63) is 29.8 Å². The maximum Gasteiger partial charge on any atom is 0.311 e. The molecule has 0 spiro atoms. The average molecular weight is 260 g/mol. The van der Waals surface area contributed by atoms with E-state index in [1.54, 1.807) is 0 Å². The van der Waals surface area contributed by atoms with E-state index < -0.39 is 0 Å². The third-order valence-corrected chi connectivity index (χ3v) is 3.95. The Kier molecular flexibility index (Phi) is 5.44. The van der Waals surface area contributed by atoms with Crippen LogP contribution in [0.1, 0.15) is 57.4 Å². The molecular formula is C17H24O2. The molecule has 1 saturated carbocycles. The van der Waals surface area contributed by atoms with Gasteiger partial charge in [-0.1, -0.05) is 57.2 Å². The largest absolute Gasteiger partial charge is 0.426 e. The lowest BCUT2D eigenvalue weighted by atomic mass is 10.0. The summed E-state index contributed by atoms with van der Waals surface area (Å²) in [5, 5.41) is 0. The Labute approximate surface area is 116 Å². The van der Waals surface area contributed by atoms with Gasteiger partial charge in [-0.15, -0.1) is 0 Å². The summed E-state index contributed by atoms with van der Waals surface area (Å²) in [7, 11) is 0. The maximum atomic E-state index is 11.9. The molecule has 2 rings (SSSR count). The van der Waals surface area contributed by atoms with Crippen molar-refractivity contribution in [1.29, 1.82) is 0 Å². The Morgan fingerprint density at radius 3 is 2.74 bits per heavy atom. The van der Waals surface area contributed by atoms with E-state index in [1.807, 2.05) is 24.3 Å². The van der Waals surface area contributed by atoms with E-state index in [-0.39, 0.29) is 5.97 Å². The second-order valence-electron chi connectivity index (χ2n) is 5.52. The van der Waals surface area contributed by atoms with Crippen LogP contribution in [0.15, 0.2) is 24.3 Å². The molecule has 0 atom stereocenters. The molecule has 0 aliphatic heterocycles. The molecule has 1 aromatic carbocycles. The molecule has 1 aromatic rings. The number of para-hydroxylation sites is 1. The van der Waals surface area contributed by atoms with Crippen LogP contribution >= 0.6 is 0 Å². The molecule has 0 heterocycles. The lowest BCUT2D eigenvalue weighted by Gasteiger charge is -2.11. The number of esters is 1. The summed E-state index contributed by atoms with van der Waals surface area (Å²) in [6.07, 6.45) is 8.83. The Hall–Kier alpha value is -1.31. The third kappa shape index (κ3) is 4.38. The van der Waals surface area contributed by atoms with Crippen molar-refractivity contribution in [1.82, 2.24) is 0 Å². The summed E-state index contributed by atoms with van der Waals surface area (Å²) in [6, 6.07) is 7.88. The fraction of sp³-hybridized carbons (Fsp3) is 0.588. The highest BCUT2D eigenvalue weighted by Crippen LogP contribution is 2.29. The quantitative estimate of drug-likeness (QED) is 0.555. The van der Waals surface area contributed by atoms with Gasteiger partial charge in [0.25, 0.3) is 0 Å². The second-order valence-corrected chi connectivity index (χ2v) is 5.52. The number of ether oxygens (including phenoxy) is 1. The van der Waals surface area contributed by atoms with Gasteiger partial charge in [0.15, 0.2) is 0 Å². The van der Waals surface area contributed by atoms with E-state index in [1.165, 1.54) is 25.7 Å². The number of hydrogen-bond acceptors (Lipinski definition) is 2. The van der Waals surface area contributed by atoms with Crippen LogP contribution < -0.4 is 4.74 Å². The first-order chi connectivity index (χ1) is 9.29. The van der Waals surface area contributed by atoms with Crippen LogP contribution in [0, 0.1) is 5.92 Å². The van der Waals surface area contributed by atoms with E-state index in [0.29, 0.717) is 6.42 Å². The van der Waals surface area contributed by atoms with Crippen LogP contribution in [0.4, 0.5) is 0 Å². The van der Waals surface area contributed by atoms with Crippen LogP contribution in [-0.4, -0.2) is 5.97 Å². The minimum absolute atomic E-state index is 0.0737. The van der Waals surface area contributed by atoms with E-state index in [0.717, 1.165) is 36.5 Å². The molecule has 2 nitrogen and oxygen atoms in total. The van der Waals surface area contributed by atoms with Gasteiger partial charge in [0.05, 0.1) is 0 Å².